The molecule has 0 saturated heterocycles. The number of fused-ring (bicyclic) bond motifs is 1. The van der Waals surface area contributed by atoms with E-state index in [0.717, 1.165) is 41.7 Å². The molecule has 1 aliphatic rings. The molecule has 5 heteroatoms. The van der Waals surface area contributed by atoms with Gasteiger partial charge < -0.3 is 14.4 Å². The molecule has 0 amide bonds. The molecule has 1 aromatic heterocycles. The first-order valence-electron chi connectivity index (χ1n) is 7.86. The summed E-state index contributed by atoms with van der Waals surface area (Å²) in [5.74, 6) is 2.97. The molecule has 0 spiro atoms. The van der Waals surface area contributed by atoms with Gasteiger partial charge in [0.25, 0.3) is 0 Å². The fraction of sp³-hybridized carbons (Fsp3) is 0.444. The minimum atomic E-state index is 0.431. The van der Waals surface area contributed by atoms with Gasteiger partial charge in [-0.05, 0) is 37.5 Å². The molecule has 23 heavy (non-hydrogen) atoms. The second-order valence-corrected chi connectivity index (χ2v) is 6.25. The van der Waals surface area contributed by atoms with Crippen LogP contribution in [0.25, 0.3) is 0 Å². The zero-order valence-corrected chi connectivity index (χ0v) is 14.2. The second-order valence-electron chi connectivity index (χ2n) is 6.25. The minimum Gasteiger partial charge on any atom is -0.497 e. The van der Waals surface area contributed by atoms with Gasteiger partial charge in [-0.15, -0.1) is 0 Å². The number of methoxy groups -OCH3 is 1. The maximum atomic E-state index is 5.92. The Hall–Kier alpha value is -2.30. The van der Waals surface area contributed by atoms with Gasteiger partial charge in [0.05, 0.1) is 13.7 Å². The van der Waals surface area contributed by atoms with Crippen molar-refractivity contribution in [3.63, 3.8) is 0 Å². The van der Waals surface area contributed by atoms with E-state index < -0.39 is 0 Å². The van der Waals surface area contributed by atoms with Crippen LogP contribution in [0, 0.1) is 12.8 Å². The molecule has 5 nitrogen and oxygen atoms in total. The Kier molecular flexibility index (Phi) is 4.37. The third-order valence-electron chi connectivity index (χ3n) is 4.05. The topological polar surface area (TPSA) is 47.5 Å². The van der Waals surface area contributed by atoms with E-state index in [9.17, 15) is 0 Å². The van der Waals surface area contributed by atoms with Gasteiger partial charge in [0.1, 0.15) is 11.5 Å². The van der Waals surface area contributed by atoms with Crippen molar-refractivity contribution in [1.29, 1.82) is 0 Å². The molecular weight excluding hydrogens is 290 g/mol. The van der Waals surface area contributed by atoms with Crippen LogP contribution in [-0.2, 0) is 12.8 Å². The van der Waals surface area contributed by atoms with Crippen LogP contribution < -0.4 is 14.4 Å². The van der Waals surface area contributed by atoms with Gasteiger partial charge in [-0.3, -0.25) is 0 Å². The predicted molar refractivity (Wildman–Crippen MR) is 90.5 cm³/mol. The highest BCUT2D eigenvalue weighted by Gasteiger charge is 2.21. The minimum absolute atomic E-state index is 0.431. The van der Waals surface area contributed by atoms with E-state index in [4.69, 9.17) is 9.47 Å². The third kappa shape index (κ3) is 3.55. The average molecular weight is 313 g/mol. The van der Waals surface area contributed by atoms with E-state index in [0.29, 0.717) is 12.5 Å². The van der Waals surface area contributed by atoms with Crippen molar-refractivity contribution in [3.8, 4) is 11.5 Å². The third-order valence-corrected chi connectivity index (χ3v) is 4.05. The van der Waals surface area contributed by atoms with Crippen molar-refractivity contribution in [2.45, 2.75) is 19.8 Å². The Bertz CT molecular complexity index is 701. The number of ether oxygens (including phenoxy) is 2. The summed E-state index contributed by atoms with van der Waals surface area (Å²) in [6.07, 6.45) is 1.90. The molecule has 0 bridgehead atoms. The van der Waals surface area contributed by atoms with Crippen molar-refractivity contribution in [2.75, 3.05) is 32.7 Å². The van der Waals surface area contributed by atoms with Crippen LogP contribution >= 0.6 is 0 Å². The van der Waals surface area contributed by atoms with Crippen molar-refractivity contribution < 1.29 is 9.47 Å². The molecular formula is C18H23N3O2. The van der Waals surface area contributed by atoms with Crippen LogP contribution in [0.4, 0.5) is 5.95 Å². The Labute approximate surface area is 137 Å². The summed E-state index contributed by atoms with van der Waals surface area (Å²) in [5.41, 5.74) is 3.31. The number of hydrogen-bond acceptors (Lipinski definition) is 5. The van der Waals surface area contributed by atoms with Gasteiger partial charge in [-0.1, -0.05) is 6.07 Å². The molecule has 2 heterocycles. The van der Waals surface area contributed by atoms with Gasteiger partial charge in [0, 0.05) is 37.5 Å². The first-order valence-corrected chi connectivity index (χ1v) is 7.86. The van der Waals surface area contributed by atoms with Crippen LogP contribution in [0.3, 0.4) is 0 Å². The van der Waals surface area contributed by atoms with Crippen molar-refractivity contribution in [2.24, 2.45) is 5.92 Å². The van der Waals surface area contributed by atoms with E-state index in [-0.39, 0.29) is 0 Å². The summed E-state index contributed by atoms with van der Waals surface area (Å²) in [6, 6.07) is 8.11. The van der Waals surface area contributed by atoms with Crippen LogP contribution in [0.5, 0.6) is 11.5 Å². The van der Waals surface area contributed by atoms with Gasteiger partial charge in [0.2, 0.25) is 5.95 Å². The standard InChI is InChI=1S/C18H23N3O2/c1-12-7-15(20-18(19-12)21(2)3)9-13-8-14-5-6-16(22-4)10-17(14)23-11-13/h5-7,10,13H,8-9,11H2,1-4H3/t13-/m0/s1. The van der Waals surface area contributed by atoms with Gasteiger partial charge in [-0.2, -0.15) is 0 Å². The lowest BCUT2D eigenvalue weighted by Crippen LogP contribution is -2.24. The van der Waals surface area contributed by atoms with E-state index >= 15 is 0 Å². The lowest BCUT2D eigenvalue weighted by Gasteiger charge is -2.25. The number of nitrogens with zero attached hydrogens (tertiary/aromatic N) is 3. The molecule has 0 aliphatic carbocycles. The van der Waals surface area contributed by atoms with Crippen LogP contribution in [-0.4, -0.2) is 37.8 Å². The number of benzene rings is 1. The lowest BCUT2D eigenvalue weighted by molar-refractivity contribution is 0.219. The predicted octanol–water partition coefficient (Wildman–Crippen LogP) is 2.65. The summed E-state index contributed by atoms with van der Waals surface area (Å²) >= 11 is 0. The van der Waals surface area contributed by atoms with Crippen molar-refractivity contribution in [1.82, 2.24) is 9.97 Å². The molecule has 0 unspecified atom stereocenters. The fourth-order valence-electron chi connectivity index (χ4n) is 2.89. The lowest BCUT2D eigenvalue weighted by atomic mass is 9.92. The maximum absolute atomic E-state index is 5.92. The van der Waals surface area contributed by atoms with E-state index in [1.807, 2.05) is 38.1 Å². The van der Waals surface area contributed by atoms with Gasteiger partial charge >= 0.3 is 0 Å². The molecule has 122 valence electrons. The number of hydrogen-bond donors (Lipinski definition) is 0. The molecule has 1 aromatic carbocycles. The SMILES string of the molecule is COc1ccc2c(c1)OC[C@H](Cc1cc(C)nc(N(C)C)n1)C2. The van der Waals surface area contributed by atoms with Crippen LogP contribution in [0.2, 0.25) is 0 Å². The first kappa shape index (κ1) is 15.6. The fourth-order valence-corrected chi connectivity index (χ4v) is 2.89. The number of aryl methyl sites for hydroxylation is 1. The summed E-state index contributed by atoms with van der Waals surface area (Å²) in [6.45, 7) is 2.72. The van der Waals surface area contributed by atoms with Crippen LogP contribution in [0.15, 0.2) is 24.3 Å². The average Bonchev–Trinajstić information content (AvgIpc) is 2.53. The van der Waals surface area contributed by atoms with Crippen molar-refractivity contribution in [3.05, 3.63) is 41.2 Å². The zero-order valence-electron chi connectivity index (χ0n) is 14.2. The molecule has 0 radical (unpaired) electrons. The largest absolute Gasteiger partial charge is 0.497 e. The Morgan fingerprint density at radius 2 is 2.09 bits per heavy atom. The molecule has 1 atom stereocenters. The van der Waals surface area contributed by atoms with E-state index in [1.165, 1.54) is 5.56 Å². The quantitative estimate of drug-likeness (QED) is 0.868. The summed E-state index contributed by atoms with van der Waals surface area (Å²) in [7, 11) is 5.60. The summed E-state index contributed by atoms with van der Waals surface area (Å²) in [5, 5.41) is 0. The zero-order chi connectivity index (χ0) is 16.4. The smallest absolute Gasteiger partial charge is 0.225 e. The Morgan fingerprint density at radius 1 is 1.26 bits per heavy atom. The molecule has 3 rings (SSSR count). The highest BCUT2D eigenvalue weighted by molar-refractivity contribution is 5.42. The van der Waals surface area contributed by atoms with Crippen molar-refractivity contribution >= 4 is 5.95 Å². The normalized spacial score (nSPS) is 16.4. The Balaban J connectivity index is 1.74. The monoisotopic (exact) mass is 313 g/mol. The van der Waals surface area contributed by atoms with E-state index in [2.05, 4.69) is 22.1 Å². The van der Waals surface area contributed by atoms with Gasteiger partial charge in [-0.25, -0.2) is 9.97 Å². The number of rotatable bonds is 4. The molecule has 0 N–H and O–H groups in total. The first-order chi connectivity index (χ1) is 11.0. The summed E-state index contributed by atoms with van der Waals surface area (Å²) in [4.78, 5) is 11.0. The molecule has 2 aromatic rings. The Morgan fingerprint density at radius 3 is 2.83 bits per heavy atom. The highest BCUT2D eigenvalue weighted by atomic mass is 16.5. The van der Waals surface area contributed by atoms with E-state index in [1.54, 1.807) is 7.11 Å². The molecule has 1 aliphatic heterocycles. The highest BCUT2D eigenvalue weighted by Crippen LogP contribution is 2.32. The number of aromatic nitrogens is 2. The molecule has 0 fully saturated rings. The van der Waals surface area contributed by atoms with Crippen LogP contribution in [0.1, 0.15) is 17.0 Å². The number of anilines is 1. The van der Waals surface area contributed by atoms with Gasteiger partial charge in [0.15, 0.2) is 0 Å². The second kappa shape index (κ2) is 6.44. The summed E-state index contributed by atoms with van der Waals surface area (Å²) < 4.78 is 11.2. The maximum Gasteiger partial charge on any atom is 0.225 e. The molecule has 0 saturated carbocycles.